The molecule has 1 N–H and O–H groups in total. The SMILES string of the molecule is O=C(O)CCn1cncc1-c1ccncc1. The summed E-state index contributed by atoms with van der Waals surface area (Å²) >= 11 is 0. The number of imidazole rings is 1. The van der Waals surface area contributed by atoms with Gasteiger partial charge in [-0.15, -0.1) is 0 Å². The fourth-order valence-corrected chi connectivity index (χ4v) is 1.48. The largest absolute Gasteiger partial charge is 0.481 e. The summed E-state index contributed by atoms with van der Waals surface area (Å²) in [5.41, 5.74) is 1.89. The lowest BCUT2D eigenvalue weighted by Gasteiger charge is -2.05. The normalized spacial score (nSPS) is 10.2. The second kappa shape index (κ2) is 4.57. The van der Waals surface area contributed by atoms with Crippen LogP contribution in [0.5, 0.6) is 0 Å². The van der Waals surface area contributed by atoms with Crippen LogP contribution in [0.3, 0.4) is 0 Å². The van der Waals surface area contributed by atoms with Gasteiger partial charge in [-0.3, -0.25) is 9.78 Å². The Kier molecular flexibility index (Phi) is 2.95. The maximum atomic E-state index is 10.5. The van der Waals surface area contributed by atoms with Crippen LogP contribution >= 0.6 is 0 Å². The highest BCUT2D eigenvalue weighted by Crippen LogP contribution is 2.17. The van der Waals surface area contributed by atoms with E-state index in [1.165, 1.54) is 0 Å². The molecule has 0 atom stereocenters. The van der Waals surface area contributed by atoms with Crippen molar-refractivity contribution in [1.29, 1.82) is 0 Å². The van der Waals surface area contributed by atoms with Crippen molar-refractivity contribution in [2.75, 3.05) is 0 Å². The zero-order valence-electron chi connectivity index (χ0n) is 8.58. The molecule has 0 unspecified atom stereocenters. The summed E-state index contributed by atoms with van der Waals surface area (Å²) in [4.78, 5) is 18.5. The second-order valence-corrected chi connectivity index (χ2v) is 3.35. The summed E-state index contributed by atoms with van der Waals surface area (Å²) in [5, 5.41) is 8.63. The fraction of sp³-hybridized carbons (Fsp3) is 0.182. The van der Waals surface area contributed by atoms with E-state index in [4.69, 9.17) is 5.11 Å². The molecule has 2 aromatic heterocycles. The van der Waals surface area contributed by atoms with Gasteiger partial charge in [-0.2, -0.15) is 0 Å². The fourth-order valence-electron chi connectivity index (χ4n) is 1.48. The van der Waals surface area contributed by atoms with Crippen molar-refractivity contribution >= 4 is 5.97 Å². The molecule has 82 valence electrons. The molecular formula is C11H11N3O2. The van der Waals surface area contributed by atoms with Gasteiger partial charge >= 0.3 is 5.97 Å². The molecule has 0 aliphatic heterocycles. The zero-order chi connectivity index (χ0) is 11.4. The van der Waals surface area contributed by atoms with Crippen LogP contribution < -0.4 is 0 Å². The van der Waals surface area contributed by atoms with Gasteiger partial charge in [0, 0.05) is 24.5 Å². The van der Waals surface area contributed by atoms with E-state index in [-0.39, 0.29) is 6.42 Å². The molecule has 0 saturated heterocycles. The summed E-state index contributed by atoms with van der Waals surface area (Å²) in [6.45, 7) is 0.424. The molecule has 0 saturated carbocycles. The first-order chi connectivity index (χ1) is 7.77. The number of aromatic nitrogens is 3. The molecule has 2 rings (SSSR count). The Labute approximate surface area is 92.4 Å². The Hall–Kier alpha value is -2.17. The van der Waals surface area contributed by atoms with Crippen LogP contribution in [0.25, 0.3) is 11.3 Å². The van der Waals surface area contributed by atoms with E-state index in [2.05, 4.69) is 9.97 Å². The first kappa shape index (κ1) is 10.4. The monoisotopic (exact) mass is 217 g/mol. The van der Waals surface area contributed by atoms with Crippen LogP contribution in [0.2, 0.25) is 0 Å². The van der Waals surface area contributed by atoms with E-state index in [9.17, 15) is 4.79 Å². The molecule has 2 aromatic rings. The predicted octanol–water partition coefficient (Wildman–Crippen LogP) is 1.42. The van der Waals surface area contributed by atoms with Crippen LogP contribution in [-0.2, 0) is 11.3 Å². The van der Waals surface area contributed by atoms with Gasteiger partial charge in [0.1, 0.15) is 0 Å². The Balaban J connectivity index is 2.23. The van der Waals surface area contributed by atoms with Gasteiger partial charge in [0.2, 0.25) is 0 Å². The van der Waals surface area contributed by atoms with E-state index in [0.717, 1.165) is 11.3 Å². The molecular weight excluding hydrogens is 206 g/mol. The minimum atomic E-state index is -0.811. The lowest BCUT2D eigenvalue weighted by molar-refractivity contribution is -0.137. The predicted molar refractivity (Wildman–Crippen MR) is 57.7 cm³/mol. The van der Waals surface area contributed by atoms with E-state index in [0.29, 0.717) is 6.54 Å². The number of rotatable bonds is 4. The summed E-state index contributed by atoms with van der Waals surface area (Å²) in [6.07, 6.45) is 6.85. The standard InChI is InChI=1S/C11H11N3O2/c15-11(16)3-6-14-8-13-7-10(14)9-1-4-12-5-2-9/h1-2,4-5,7-8H,3,6H2,(H,15,16). The minimum Gasteiger partial charge on any atom is -0.481 e. The van der Waals surface area contributed by atoms with Gasteiger partial charge in [0.25, 0.3) is 0 Å². The molecule has 2 heterocycles. The molecule has 0 amide bonds. The highest BCUT2D eigenvalue weighted by Gasteiger charge is 2.05. The number of aryl methyl sites for hydroxylation is 1. The Morgan fingerprint density at radius 2 is 2.06 bits per heavy atom. The van der Waals surface area contributed by atoms with Crippen molar-refractivity contribution in [2.24, 2.45) is 0 Å². The number of carbonyl (C=O) groups is 1. The summed E-state index contributed by atoms with van der Waals surface area (Å²) < 4.78 is 1.82. The van der Waals surface area contributed by atoms with Crippen LogP contribution in [0.15, 0.2) is 37.1 Å². The minimum absolute atomic E-state index is 0.0917. The van der Waals surface area contributed by atoms with Crippen molar-refractivity contribution < 1.29 is 9.90 Å². The smallest absolute Gasteiger partial charge is 0.305 e. The van der Waals surface area contributed by atoms with Gasteiger partial charge in [-0.05, 0) is 12.1 Å². The number of aliphatic carboxylic acids is 1. The summed E-state index contributed by atoms with van der Waals surface area (Å²) in [7, 11) is 0. The van der Waals surface area contributed by atoms with Crippen LogP contribution in [0, 0.1) is 0 Å². The summed E-state index contributed by atoms with van der Waals surface area (Å²) in [5.74, 6) is -0.811. The number of hydrogen-bond donors (Lipinski definition) is 1. The van der Waals surface area contributed by atoms with Gasteiger partial charge < -0.3 is 9.67 Å². The van der Waals surface area contributed by atoms with Crippen LogP contribution in [0.1, 0.15) is 6.42 Å². The van der Waals surface area contributed by atoms with Crippen molar-refractivity contribution in [2.45, 2.75) is 13.0 Å². The molecule has 16 heavy (non-hydrogen) atoms. The van der Waals surface area contributed by atoms with E-state index in [1.807, 2.05) is 16.7 Å². The highest BCUT2D eigenvalue weighted by atomic mass is 16.4. The molecule has 5 heteroatoms. The number of carboxylic acid groups (broad SMARTS) is 1. The number of hydrogen-bond acceptors (Lipinski definition) is 3. The van der Waals surface area contributed by atoms with Gasteiger partial charge in [0.05, 0.1) is 24.6 Å². The molecule has 0 bridgehead atoms. The van der Waals surface area contributed by atoms with Crippen molar-refractivity contribution in [1.82, 2.24) is 14.5 Å². The van der Waals surface area contributed by atoms with E-state index < -0.39 is 5.97 Å². The first-order valence-corrected chi connectivity index (χ1v) is 4.89. The van der Waals surface area contributed by atoms with Gasteiger partial charge in [-0.25, -0.2) is 4.98 Å². The average molecular weight is 217 g/mol. The quantitative estimate of drug-likeness (QED) is 0.840. The van der Waals surface area contributed by atoms with Crippen molar-refractivity contribution in [3.8, 4) is 11.3 Å². The molecule has 0 aliphatic rings. The zero-order valence-corrected chi connectivity index (χ0v) is 8.58. The lowest BCUT2D eigenvalue weighted by Crippen LogP contribution is -2.04. The van der Waals surface area contributed by atoms with Crippen LogP contribution in [-0.4, -0.2) is 25.6 Å². The number of pyridine rings is 1. The third-order valence-electron chi connectivity index (χ3n) is 2.25. The number of nitrogens with zero attached hydrogens (tertiary/aromatic N) is 3. The van der Waals surface area contributed by atoms with Crippen LogP contribution in [0.4, 0.5) is 0 Å². The Morgan fingerprint density at radius 3 is 2.75 bits per heavy atom. The third kappa shape index (κ3) is 2.25. The van der Waals surface area contributed by atoms with Crippen molar-refractivity contribution in [3.63, 3.8) is 0 Å². The van der Waals surface area contributed by atoms with Crippen molar-refractivity contribution in [3.05, 3.63) is 37.1 Å². The molecule has 5 nitrogen and oxygen atoms in total. The van der Waals surface area contributed by atoms with E-state index in [1.54, 1.807) is 24.9 Å². The third-order valence-corrected chi connectivity index (χ3v) is 2.25. The Bertz CT molecular complexity index is 479. The molecule has 0 spiro atoms. The molecule has 0 aromatic carbocycles. The average Bonchev–Trinajstić information content (AvgIpc) is 2.75. The number of carboxylic acids is 1. The van der Waals surface area contributed by atoms with Gasteiger partial charge in [-0.1, -0.05) is 0 Å². The molecule has 0 radical (unpaired) electrons. The maximum absolute atomic E-state index is 10.5. The highest BCUT2D eigenvalue weighted by molar-refractivity contribution is 5.66. The lowest BCUT2D eigenvalue weighted by atomic mass is 10.2. The molecule has 0 fully saturated rings. The second-order valence-electron chi connectivity index (χ2n) is 3.35. The summed E-state index contributed by atoms with van der Waals surface area (Å²) in [6, 6.07) is 3.74. The first-order valence-electron chi connectivity index (χ1n) is 4.89. The maximum Gasteiger partial charge on any atom is 0.305 e. The topological polar surface area (TPSA) is 68.0 Å². The Morgan fingerprint density at radius 1 is 1.31 bits per heavy atom. The van der Waals surface area contributed by atoms with E-state index >= 15 is 0 Å². The molecule has 0 aliphatic carbocycles. The van der Waals surface area contributed by atoms with Gasteiger partial charge in [0.15, 0.2) is 0 Å².